The monoisotopic (exact) mass is 341 g/mol. The predicted molar refractivity (Wildman–Crippen MR) is 81.6 cm³/mol. The van der Waals surface area contributed by atoms with Crippen LogP contribution in [0.4, 0.5) is 0 Å². The average molecular weight is 341 g/mol. The molecule has 1 aliphatic rings. The van der Waals surface area contributed by atoms with Gasteiger partial charge in [-0.3, -0.25) is 4.79 Å². The minimum Gasteiger partial charge on any atom is -0.481 e. The minimum absolute atomic E-state index is 0.0450. The Labute approximate surface area is 134 Å². The molecule has 0 amide bonds. The van der Waals surface area contributed by atoms with Gasteiger partial charge in [-0.05, 0) is 32.4 Å². The van der Waals surface area contributed by atoms with Crippen LogP contribution < -0.4 is 0 Å². The number of carbonyl (C=O) groups is 2. The van der Waals surface area contributed by atoms with Crippen LogP contribution in [0.2, 0.25) is 0 Å². The third kappa shape index (κ3) is 3.09. The summed E-state index contributed by atoms with van der Waals surface area (Å²) in [4.78, 5) is 23.0. The van der Waals surface area contributed by atoms with Crippen LogP contribution in [0.25, 0.3) is 0 Å². The van der Waals surface area contributed by atoms with Crippen LogP contribution in [0.15, 0.2) is 23.1 Å². The molecule has 2 rings (SSSR count). The summed E-state index contributed by atoms with van der Waals surface area (Å²) in [6.07, 6.45) is 0.223. The number of sulfonamides is 1. The maximum atomic E-state index is 12.8. The molecule has 1 fully saturated rings. The van der Waals surface area contributed by atoms with Gasteiger partial charge in [-0.25, -0.2) is 13.2 Å². The van der Waals surface area contributed by atoms with E-state index in [-0.39, 0.29) is 30.0 Å². The van der Waals surface area contributed by atoms with Crippen LogP contribution in [0, 0.1) is 12.3 Å². The summed E-state index contributed by atoms with van der Waals surface area (Å²) in [5, 5.41) is 9.25. The van der Waals surface area contributed by atoms with E-state index in [1.54, 1.807) is 13.0 Å². The van der Waals surface area contributed by atoms with E-state index in [0.717, 1.165) is 9.87 Å². The number of hydrogen-bond donors (Lipinski definition) is 1. The maximum absolute atomic E-state index is 12.8. The number of ether oxygens (including phenoxy) is 1. The van der Waals surface area contributed by atoms with Crippen LogP contribution in [0.5, 0.6) is 0 Å². The van der Waals surface area contributed by atoms with Gasteiger partial charge in [0.15, 0.2) is 0 Å². The Balaban J connectivity index is 2.46. The number of hydrogen-bond acceptors (Lipinski definition) is 5. The Morgan fingerprint density at radius 1 is 1.35 bits per heavy atom. The molecule has 7 nitrogen and oxygen atoms in total. The lowest BCUT2D eigenvalue weighted by molar-refractivity contribution is -0.146. The first kappa shape index (κ1) is 17.4. The summed E-state index contributed by atoms with van der Waals surface area (Å²) in [6, 6.07) is 4.39. The molecule has 8 heteroatoms. The van der Waals surface area contributed by atoms with Gasteiger partial charge in [0.2, 0.25) is 10.0 Å². The molecule has 1 aromatic carbocycles. The number of carboxylic acid groups (broad SMARTS) is 1. The fourth-order valence-corrected chi connectivity index (χ4v) is 4.30. The van der Waals surface area contributed by atoms with E-state index in [0.29, 0.717) is 0 Å². The summed E-state index contributed by atoms with van der Waals surface area (Å²) >= 11 is 0. The van der Waals surface area contributed by atoms with Gasteiger partial charge in [0, 0.05) is 13.1 Å². The Morgan fingerprint density at radius 2 is 2.00 bits per heavy atom. The van der Waals surface area contributed by atoms with Crippen molar-refractivity contribution in [3.05, 3.63) is 29.3 Å². The first-order chi connectivity index (χ1) is 10.6. The summed E-state index contributed by atoms with van der Waals surface area (Å²) in [5.74, 6) is -1.78. The van der Waals surface area contributed by atoms with Gasteiger partial charge in [-0.15, -0.1) is 0 Å². The van der Waals surface area contributed by atoms with Crippen molar-refractivity contribution >= 4 is 22.0 Å². The minimum atomic E-state index is -3.98. The van der Waals surface area contributed by atoms with Crippen LogP contribution >= 0.6 is 0 Å². The predicted octanol–water partition coefficient (Wildman–Crippen LogP) is 1.27. The molecule has 1 aromatic rings. The van der Waals surface area contributed by atoms with Crippen LogP contribution in [-0.4, -0.2) is 50.0 Å². The Kier molecular flexibility index (Phi) is 4.50. The second-order valence-corrected chi connectivity index (χ2v) is 7.85. The first-order valence-electron chi connectivity index (χ1n) is 7.04. The molecule has 1 N–H and O–H groups in total. The zero-order chi connectivity index (χ0) is 17.4. The Bertz CT molecular complexity index is 757. The number of esters is 1. The highest BCUT2D eigenvalue weighted by Gasteiger charge is 2.45. The standard InChI is InChI=1S/C15H19NO6S/c1-10-4-5-12(11(8-10)13(17)22-3)23(20,21)16-7-6-15(2,9-16)14(18)19/h4-5,8H,6-7,9H2,1-3H3,(H,18,19). The number of benzene rings is 1. The van der Waals surface area contributed by atoms with Crippen molar-refractivity contribution < 1.29 is 27.9 Å². The number of aliphatic carboxylic acids is 1. The molecule has 1 saturated heterocycles. The van der Waals surface area contributed by atoms with E-state index in [4.69, 9.17) is 0 Å². The molecule has 0 bridgehead atoms. The van der Waals surface area contributed by atoms with E-state index in [1.807, 2.05) is 0 Å². The highest BCUT2D eigenvalue weighted by molar-refractivity contribution is 7.89. The lowest BCUT2D eigenvalue weighted by Crippen LogP contribution is -2.35. The van der Waals surface area contributed by atoms with Gasteiger partial charge < -0.3 is 9.84 Å². The van der Waals surface area contributed by atoms with Gasteiger partial charge in [0.05, 0.1) is 23.0 Å². The maximum Gasteiger partial charge on any atom is 0.339 e. The zero-order valence-corrected chi connectivity index (χ0v) is 14.0. The second-order valence-electron chi connectivity index (χ2n) is 5.95. The molecule has 1 heterocycles. The largest absolute Gasteiger partial charge is 0.481 e. The number of aryl methyl sites for hydroxylation is 1. The normalized spacial score (nSPS) is 22.0. The molecule has 0 saturated carbocycles. The summed E-state index contributed by atoms with van der Waals surface area (Å²) < 4.78 is 31.4. The number of nitrogens with zero attached hydrogens (tertiary/aromatic N) is 1. The summed E-state index contributed by atoms with van der Waals surface area (Å²) in [7, 11) is -2.80. The van der Waals surface area contributed by atoms with Gasteiger partial charge in [0.25, 0.3) is 0 Å². The molecule has 1 atom stereocenters. The SMILES string of the molecule is COC(=O)c1cc(C)ccc1S(=O)(=O)N1CCC(C)(C(=O)O)C1. The average Bonchev–Trinajstić information content (AvgIpc) is 2.91. The number of methoxy groups -OCH3 is 1. The van der Waals surface area contributed by atoms with Gasteiger partial charge in [-0.1, -0.05) is 11.6 Å². The van der Waals surface area contributed by atoms with Gasteiger partial charge in [0.1, 0.15) is 0 Å². The third-order valence-electron chi connectivity index (χ3n) is 4.11. The van der Waals surface area contributed by atoms with Crippen molar-refractivity contribution in [1.82, 2.24) is 4.31 Å². The van der Waals surface area contributed by atoms with Crippen molar-refractivity contribution in [2.45, 2.75) is 25.2 Å². The highest BCUT2D eigenvalue weighted by Crippen LogP contribution is 2.34. The quantitative estimate of drug-likeness (QED) is 0.828. The third-order valence-corrected chi connectivity index (χ3v) is 6.02. The van der Waals surface area contributed by atoms with Crippen LogP contribution in [0.3, 0.4) is 0 Å². The Hall–Kier alpha value is -1.93. The van der Waals surface area contributed by atoms with E-state index in [2.05, 4.69) is 4.74 Å². The lowest BCUT2D eigenvalue weighted by atomic mass is 9.90. The lowest BCUT2D eigenvalue weighted by Gasteiger charge is -2.21. The molecule has 1 aliphatic heterocycles. The van der Waals surface area contributed by atoms with Crippen molar-refractivity contribution in [2.75, 3.05) is 20.2 Å². The fourth-order valence-electron chi connectivity index (χ4n) is 2.58. The topological polar surface area (TPSA) is 101 Å². The Morgan fingerprint density at radius 3 is 2.52 bits per heavy atom. The van der Waals surface area contributed by atoms with Crippen molar-refractivity contribution in [3.63, 3.8) is 0 Å². The number of carbonyl (C=O) groups excluding carboxylic acids is 1. The molecule has 0 spiro atoms. The van der Waals surface area contributed by atoms with Crippen molar-refractivity contribution in [2.24, 2.45) is 5.41 Å². The van der Waals surface area contributed by atoms with E-state index >= 15 is 0 Å². The van der Waals surface area contributed by atoms with Crippen LogP contribution in [0.1, 0.15) is 29.3 Å². The van der Waals surface area contributed by atoms with Gasteiger partial charge >= 0.3 is 11.9 Å². The molecule has 1 unspecified atom stereocenters. The molecular formula is C15H19NO6S. The molecule has 0 radical (unpaired) electrons. The summed E-state index contributed by atoms with van der Waals surface area (Å²) in [6.45, 7) is 3.22. The van der Waals surface area contributed by atoms with Gasteiger partial charge in [-0.2, -0.15) is 4.31 Å². The number of rotatable bonds is 4. The molecule has 0 aromatic heterocycles. The van der Waals surface area contributed by atoms with E-state index in [9.17, 15) is 23.1 Å². The fraction of sp³-hybridized carbons (Fsp3) is 0.467. The van der Waals surface area contributed by atoms with E-state index < -0.39 is 27.4 Å². The second kappa shape index (κ2) is 5.93. The first-order valence-corrected chi connectivity index (χ1v) is 8.48. The smallest absolute Gasteiger partial charge is 0.339 e. The van der Waals surface area contributed by atoms with Crippen molar-refractivity contribution in [3.8, 4) is 0 Å². The summed E-state index contributed by atoms with van der Waals surface area (Å²) in [5.41, 5.74) is -0.444. The highest BCUT2D eigenvalue weighted by atomic mass is 32.2. The van der Waals surface area contributed by atoms with Crippen molar-refractivity contribution in [1.29, 1.82) is 0 Å². The van der Waals surface area contributed by atoms with Crippen LogP contribution in [-0.2, 0) is 19.6 Å². The molecule has 23 heavy (non-hydrogen) atoms. The molecular weight excluding hydrogens is 322 g/mol. The zero-order valence-electron chi connectivity index (χ0n) is 13.2. The molecule has 0 aliphatic carbocycles. The number of carboxylic acids is 1. The van der Waals surface area contributed by atoms with E-state index in [1.165, 1.54) is 26.2 Å². The molecule has 126 valence electrons.